The number of anilines is 1. The highest BCUT2D eigenvalue weighted by Gasteiger charge is 2.70. The van der Waals surface area contributed by atoms with E-state index in [1.54, 1.807) is 36.4 Å². The third-order valence-corrected chi connectivity index (χ3v) is 10.1. The number of nitrogens with zero attached hydrogens (tertiary/aromatic N) is 1. The van der Waals surface area contributed by atoms with Crippen LogP contribution in [0.15, 0.2) is 97.1 Å². The van der Waals surface area contributed by atoms with Crippen molar-refractivity contribution in [2.75, 3.05) is 4.90 Å². The molecule has 1 saturated carbocycles. The van der Waals surface area contributed by atoms with Crippen molar-refractivity contribution in [1.29, 1.82) is 0 Å². The minimum atomic E-state index is -1.43. The topological polar surface area (TPSA) is 104 Å². The summed E-state index contributed by atoms with van der Waals surface area (Å²) in [5.41, 5.74) is 1.52. The van der Waals surface area contributed by atoms with E-state index in [0.29, 0.717) is 40.2 Å². The van der Waals surface area contributed by atoms with Crippen LogP contribution in [0.2, 0.25) is 5.02 Å². The lowest BCUT2D eigenvalue weighted by molar-refractivity contribution is -0.128. The molecule has 43 heavy (non-hydrogen) atoms. The fraction of sp³-hybridized carbons (Fsp3) is 0.257. The fourth-order valence-corrected chi connectivity index (χ4v) is 8.35. The van der Waals surface area contributed by atoms with Gasteiger partial charge in [0, 0.05) is 16.5 Å². The number of allylic oxidation sites excluding steroid dienone is 3. The zero-order valence-electron chi connectivity index (χ0n) is 23.2. The van der Waals surface area contributed by atoms with E-state index in [1.807, 2.05) is 48.5 Å². The van der Waals surface area contributed by atoms with Crippen LogP contribution in [0.1, 0.15) is 35.4 Å². The Bertz CT molecular complexity index is 1750. The second-order valence-corrected chi connectivity index (χ2v) is 12.2. The minimum Gasteiger partial charge on any atom is -0.507 e. The molecule has 2 N–H and O–H groups in total. The van der Waals surface area contributed by atoms with Crippen LogP contribution >= 0.6 is 11.6 Å². The predicted octanol–water partition coefficient (Wildman–Crippen LogP) is 5.22. The summed E-state index contributed by atoms with van der Waals surface area (Å²) in [6.07, 6.45) is 4.60. The Morgan fingerprint density at radius 2 is 1.74 bits per heavy atom. The molecule has 4 aliphatic rings. The van der Waals surface area contributed by atoms with Crippen LogP contribution < -0.4 is 10.2 Å². The molecule has 0 spiro atoms. The minimum absolute atomic E-state index is 0.0264. The summed E-state index contributed by atoms with van der Waals surface area (Å²) in [5, 5.41) is 14.6. The quantitative estimate of drug-likeness (QED) is 0.312. The van der Waals surface area contributed by atoms with Gasteiger partial charge < -0.3 is 5.11 Å². The van der Waals surface area contributed by atoms with Crippen LogP contribution in [-0.2, 0) is 31.0 Å². The highest BCUT2D eigenvalue weighted by Crippen LogP contribution is 2.65. The van der Waals surface area contributed by atoms with Crippen molar-refractivity contribution in [2.45, 2.75) is 30.6 Å². The molecule has 0 radical (unpaired) electrons. The van der Waals surface area contributed by atoms with E-state index in [9.17, 15) is 19.5 Å². The van der Waals surface area contributed by atoms with Crippen molar-refractivity contribution in [2.24, 2.45) is 23.7 Å². The molecule has 0 unspecified atom stereocenters. The average molecular weight is 593 g/mol. The summed E-state index contributed by atoms with van der Waals surface area (Å²) in [5.74, 6) is -4.79. The molecule has 7 rings (SSSR count). The molecular formula is C35H29ClN2O5. The summed E-state index contributed by atoms with van der Waals surface area (Å²) >= 11 is 6.33. The number of benzene rings is 3. The molecule has 2 saturated heterocycles. The van der Waals surface area contributed by atoms with Gasteiger partial charge in [-0.05, 0) is 54.5 Å². The van der Waals surface area contributed by atoms with Crippen molar-refractivity contribution in [1.82, 2.24) is 5.32 Å². The van der Waals surface area contributed by atoms with Gasteiger partial charge in [-0.2, -0.15) is 0 Å². The van der Waals surface area contributed by atoms with Crippen LogP contribution in [-0.4, -0.2) is 28.7 Å². The SMILES string of the molecule is C=CCc1cccc([C@H]2C3=CC[C@@H]4C(=O)NC(=O)[C@@H]4[C@@H]3C[C@H]3C(=O)N(c4cccc(Cl)c4)C(=O)[C@@]23c2ccccc2)c1O. The first-order valence-electron chi connectivity index (χ1n) is 14.4. The molecule has 216 valence electrons. The Morgan fingerprint density at radius 1 is 0.977 bits per heavy atom. The molecule has 0 aromatic heterocycles. The summed E-state index contributed by atoms with van der Waals surface area (Å²) in [4.78, 5) is 56.9. The summed E-state index contributed by atoms with van der Waals surface area (Å²) < 4.78 is 0. The van der Waals surface area contributed by atoms with Crippen molar-refractivity contribution in [3.8, 4) is 5.75 Å². The number of halogens is 1. The second-order valence-electron chi connectivity index (χ2n) is 11.8. The van der Waals surface area contributed by atoms with Gasteiger partial charge in [0.05, 0.1) is 28.9 Å². The standard InChI is InChI=1S/C35H29ClN2O5/c1-2-8-19-9-6-14-25(30(19)39)29-23-15-16-24-28(32(41)37-31(24)40)26(23)18-27-33(42)38(22-13-7-12-21(36)17-22)34(43)35(27,29)20-10-4-3-5-11-20/h2-7,9-15,17,24,26-29,39H,1,8,16,18H2,(H,37,40,41)/t24-,26+,27-,28-,29+,35+/m0/s1. The van der Waals surface area contributed by atoms with Crippen molar-refractivity contribution < 1.29 is 24.3 Å². The molecular weight excluding hydrogens is 564 g/mol. The number of aromatic hydroxyl groups is 1. The Kier molecular flexibility index (Phi) is 6.40. The first kappa shape index (κ1) is 27.3. The van der Waals surface area contributed by atoms with E-state index < -0.39 is 46.8 Å². The van der Waals surface area contributed by atoms with Crippen LogP contribution in [0.5, 0.6) is 5.75 Å². The van der Waals surface area contributed by atoms with Gasteiger partial charge in [0.25, 0.3) is 0 Å². The van der Waals surface area contributed by atoms with Gasteiger partial charge in [-0.3, -0.25) is 24.5 Å². The average Bonchev–Trinajstić information content (AvgIpc) is 3.42. The third-order valence-electron chi connectivity index (χ3n) is 9.84. The van der Waals surface area contributed by atoms with E-state index in [2.05, 4.69) is 11.9 Å². The van der Waals surface area contributed by atoms with Gasteiger partial charge in [0.2, 0.25) is 23.6 Å². The first-order chi connectivity index (χ1) is 20.8. The lowest BCUT2D eigenvalue weighted by Crippen LogP contribution is -2.53. The van der Waals surface area contributed by atoms with Gasteiger partial charge in [0.1, 0.15) is 5.75 Å². The lowest BCUT2D eigenvalue weighted by Gasteiger charge is -2.50. The molecule has 3 aromatic rings. The molecule has 2 aliphatic carbocycles. The van der Waals surface area contributed by atoms with E-state index in [4.69, 9.17) is 11.6 Å². The van der Waals surface area contributed by atoms with Gasteiger partial charge in [-0.15, -0.1) is 6.58 Å². The molecule has 0 bridgehead atoms. The number of phenols is 1. The van der Waals surface area contributed by atoms with E-state index in [0.717, 1.165) is 5.57 Å². The van der Waals surface area contributed by atoms with E-state index >= 15 is 4.79 Å². The smallest absolute Gasteiger partial charge is 0.246 e. The summed E-state index contributed by atoms with van der Waals surface area (Å²) in [6, 6.07) is 21.3. The number of para-hydroxylation sites is 1. The number of amides is 4. The zero-order valence-corrected chi connectivity index (χ0v) is 24.0. The number of imide groups is 2. The number of carbonyl (C=O) groups excluding carboxylic acids is 4. The van der Waals surface area contributed by atoms with Crippen LogP contribution in [0.4, 0.5) is 5.69 Å². The third kappa shape index (κ3) is 3.80. The zero-order chi connectivity index (χ0) is 30.0. The largest absolute Gasteiger partial charge is 0.507 e. The van der Waals surface area contributed by atoms with Crippen LogP contribution in [0.3, 0.4) is 0 Å². The normalized spacial score (nSPS) is 29.5. The van der Waals surface area contributed by atoms with Crippen molar-refractivity contribution >= 4 is 40.9 Å². The van der Waals surface area contributed by atoms with Crippen LogP contribution in [0, 0.1) is 23.7 Å². The number of rotatable bonds is 5. The molecule has 8 heteroatoms. The molecule has 4 amide bonds. The Labute approximate surface area is 253 Å². The second kappa shape index (κ2) is 10.1. The molecule has 7 nitrogen and oxygen atoms in total. The predicted molar refractivity (Wildman–Crippen MR) is 161 cm³/mol. The number of fused-ring (bicyclic) bond motifs is 4. The molecule has 6 atom stereocenters. The summed E-state index contributed by atoms with van der Waals surface area (Å²) in [6.45, 7) is 3.83. The maximum atomic E-state index is 15.1. The maximum Gasteiger partial charge on any atom is 0.246 e. The van der Waals surface area contributed by atoms with Crippen molar-refractivity contribution in [3.63, 3.8) is 0 Å². The fourth-order valence-electron chi connectivity index (χ4n) is 8.16. The van der Waals surface area contributed by atoms with Gasteiger partial charge >= 0.3 is 0 Å². The van der Waals surface area contributed by atoms with Crippen molar-refractivity contribution in [3.05, 3.63) is 119 Å². The Hall–Kier alpha value is -4.49. The number of hydrogen-bond donors (Lipinski definition) is 2. The first-order valence-corrected chi connectivity index (χ1v) is 14.8. The maximum absolute atomic E-state index is 15.1. The molecule has 3 aromatic carbocycles. The molecule has 3 fully saturated rings. The lowest BCUT2D eigenvalue weighted by atomic mass is 9.49. The van der Waals surface area contributed by atoms with Crippen LogP contribution in [0.25, 0.3) is 0 Å². The number of nitrogens with one attached hydrogen (secondary N) is 1. The molecule has 2 aliphatic heterocycles. The molecule has 2 heterocycles. The van der Waals surface area contributed by atoms with Gasteiger partial charge in [-0.1, -0.05) is 83.9 Å². The Balaban J connectivity index is 1.54. The van der Waals surface area contributed by atoms with Gasteiger partial charge in [0.15, 0.2) is 0 Å². The summed E-state index contributed by atoms with van der Waals surface area (Å²) in [7, 11) is 0. The van der Waals surface area contributed by atoms with E-state index in [1.165, 1.54) is 4.90 Å². The number of phenolic OH excluding ortho intramolecular Hbond substituents is 1. The Morgan fingerprint density at radius 3 is 2.49 bits per heavy atom. The number of carbonyl (C=O) groups is 4. The monoisotopic (exact) mass is 592 g/mol. The highest BCUT2D eigenvalue weighted by atomic mass is 35.5. The number of hydrogen-bond acceptors (Lipinski definition) is 5. The highest BCUT2D eigenvalue weighted by molar-refractivity contribution is 6.32. The van der Waals surface area contributed by atoms with E-state index in [-0.39, 0.29) is 24.0 Å². The van der Waals surface area contributed by atoms with Gasteiger partial charge in [-0.25, -0.2) is 4.90 Å².